The summed E-state index contributed by atoms with van der Waals surface area (Å²) in [5.74, 6) is -0.294. The summed E-state index contributed by atoms with van der Waals surface area (Å²) in [6.45, 7) is 5.13. The molecule has 2 aliphatic heterocycles. The van der Waals surface area contributed by atoms with E-state index in [1.807, 2.05) is 18.9 Å². The predicted molar refractivity (Wildman–Crippen MR) is 126 cm³/mol. The van der Waals surface area contributed by atoms with Crippen LogP contribution in [0.25, 0.3) is 11.3 Å². The molecule has 6 nitrogen and oxygen atoms in total. The minimum absolute atomic E-state index is 0.294. The largest absolute Gasteiger partial charge is 0.482 e. The number of hydrazine groups is 1. The fourth-order valence-corrected chi connectivity index (χ4v) is 5.09. The molecule has 0 bridgehead atoms. The highest BCUT2D eigenvalue weighted by atomic mass is 35.5. The van der Waals surface area contributed by atoms with Crippen molar-refractivity contribution in [3.63, 3.8) is 0 Å². The molecule has 9 heteroatoms. The smallest absolute Gasteiger partial charge is 0.291 e. The molecule has 0 unspecified atom stereocenters. The number of nitrogens with one attached hydrogen (secondary N) is 1. The van der Waals surface area contributed by atoms with Gasteiger partial charge in [-0.2, -0.15) is 5.10 Å². The number of ether oxygens (including phenoxy) is 1. The molecule has 1 N–H and O–H groups in total. The number of piperidine rings is 1. The number of carbonyl (C=O) groups excluding carboxylic acids is 1. The molecule has 0 radical (unpaired) electrons. The van der Waals surface area contributed by atoms with Gasteiger partial charge in [-0.3, -0.25) is 9.89 Å². The number of fused-ring (bicyclic) bond motifs is 3. The van der Waals surface area contributed by atoms with Crippen molar-refractivity contribution < 1.29 is 13.9 Å². The third kappa shape index (κ3) is 3.88. The first-order valence-corrected chi connectivity index (χ1v) is 11.6. The Morgan fingerprint density at radius 2 is 1.91 bits per heavy atom. The maximum atomic E-state index is 14.1. The topological polar surface area (TPSA) is 61.5 Å². The second-order valence-electron chi connectivity index (χ2n) is 8.80. The number of H-pyrrole nitrogens is 1. The van der Waals surface area contributed by atoms with Crippen molar-refractivity contribution in [2.24, 2.45) is 0 Å². The van der Waals surface area contributed by atoms with Crippen molar-refractivity contribution in [2.45, 2.75) is 38.7 Å². The van der Waals surface area contributed by atoms with Gasteiger partial charge in [0.05, 0.1) is 16.3 Å². The second kappa shape index (κ2) is 8.31. The van der Waals surface area contributed by atoms with Crippen molar-refractivity contribution in [3.05, 3.63) is 63.5 Å². The highest BCUT2D eigenvalue weighted by Gasteiger charge is 2.41. The van der Waals surface area contributed by atoms with Crippen LogP contribution in [0.5, 0.6) is 5.75 Å². The van der Waals surface area contributed by atoms with Crippen LogP contribution in [0, 0.1) is 5.82 Å². The Kier molecular flexibility index (Phi) is 5.59. The molecule has 1 fully saturated rings. The third-order valence-electron chi connectivity index (χ3n) is 6.09. The molecule has 2 aromatic carbocycles. The van der Waals surface area contributed by atoms with E-state index in [4.69, 9.17) is 27.9 Å². The average Bonchev–Trinajstić information content (AvgIpc) is 3.22. The molecule has 0 spiro atoms. The summed E-state index contributed by atoms with van der Waals surface area (Å²) in [5, 5.41) is 11.9. The van der Waals surface area contributed by atoms with Crippen LogP contribution in [-0.2, 0) is 5.60 Å². The molecule has 172 valence electrons. The molecule has 1 aromatic heterocycles. The zero-order valence-electron chi connectivity index (χ0n) is 18.3. The summed E-state index contributed by atoms with van der Waals surface area (Å²) in [5.41, 5.74) is 1.78. The summed E-state index contributed by atoms with van der Waals surface area (Å²) >= 11 is 12.7. The van der Waals surface area contributed by atoms with E-state index in [1.165, 1.54) is 12.1 Å². The van der Waals surface area contributed by atoms with E-state index in [9.17, 15) is 9.18 Å². The molecular formula is C24H23Cl2FN4O2. The quantitative estimate of drug-likeness (QED) is 0.476. The zero-order chi connectivity index (χ0) is 23.3. The van der Waals surface area contributed by atoms with Crippen LogP contribution in [0.2, 0.25) is 10.0 Å². The van der Waals surface area contributed by atoms with Crippen LogP contribution in [0.1, 0.15) is 49.2 Å². The summed E-state index contributed by atoms with van der Waals surface area (Å²) in [6.07, 6.45) is 3.06. The van der Waals surface area contributed by atoms with Gasteiger partial charge in [0, 0.05) is 29.7 Å². The van der Waals surface area contributed by atoms with E-state index < -0.39 is 11.4 Å². The highest BCUT2D eigenvalue weighted by Crippen LogP contribution is 2.46. The summed E-state index contributed by atoms with van der Waals surface area (Å²) in [7, 11) is 0. The molecule has 33 heavy (non-hydrogen) atoms. The predicted octanol–water partition coefficient (Wildman–Crippen LogP) is 6.20. The van der Waals surface area contributed by atoms with E-state index in [0.29, 0.717) is 44.0 Å². The van der Waals surface area contributed by atoms with E-state index >= 15 is 0 Å². The molecule has 3 heterocycles. The molecule has 0 aliphatic carbocycles. The van der Waals surface area contributed by atoms with Gasteiger partial charge < -0.3 is 4.74 Å². The van der Waals surface area contributed by atoms with Gasteiger partial charge in [0.1, 0.15) is 28.6 Å². The Hall–Kier alpha value is -2.61. The standard InChI is InChI=1S/C24H23Cl2FN4O2/c1-24(2)20-21(16-8-7-15(27)13-19(16)33-24)28-29-22(20)23(32)31(30-10-4-3-5-11-30)18-9-6-14(25)12-17(18)26/h6-9,12-13H,3-5,10-11H2,1-2H3,(H,28,29). The van der Waals surface area contributed by atoms with Gasteiger partial charge in [-0.15, -0.1) is 0 Å². The van der Waals surface area contributed by atoms with Crippen molar-refractivity contribution in [1.29, 1.82) is 0 Å². The van der Waals surface area contributed by atoms with Crippen molar-refractivity contribution in [2.75, 3.05) is 18.1 Å². The SMILES string of the molecule is CC1(C)Oc2cc(F)ccc2-c2n[nH]c(C(=O)N(c3ccc(Cl)cc3Cl)N3CCCCC3)c21. The van der Waals surface area contributed by atoms with E-state index in [0.717, 1.165) is 32.4 Å². The lowest BCUT2D eigenvalue weighted by molar-refractivity contribution is 0.0832. The lowest BCUT2D eigenvalue weighted by atomic mass is 9.89. The fourth-order valence-electron chi connectivity index (χ4n) is 4.61. The molecule has 5 rings (SSSR count). The van der Waals surface area contributed by atoms with Crippen molar-refractivity contribution >= 4 is 34.8 Å². The molecule has 2 aliphatic rings. The maximum Gasteiger partial charge on any atom is 0.291 e. The van der Waals surface area contributed by atoms with Crippen LogP contribution in [0.3, 0.4) is 0 Å². The number of aromatic nitrogens is 2. The first-order chi connectivity index (χ1) is 15.8. The highest BCUT2D eigenvalue weighted by molar-refractivity contribution is 6.37. The van der Waals surface area contributed by atoms with Crippen LogP contribution < -0.4 is 9.75 Å². The van der Waals surface area contributed by atoms with Gasteiger partial charge in [0.25, 0.3) is 5.91 Å². The Balaban J connectivity index is 1.64. The summed E-state index contributed by atoms with van der Waals surface area (Å²) in [4.78, 5) is 14.1. The van der Waals surface area contributed by atoms with Crippen molar-refractivity contribution in [1.82, 2.24) is 15.2 Å². The molecular weight excluding hydrogens is 466 g/mol. The second-order valence-corrected chi connectivity index (χ2v) is 9.65. The van der Waals surface area contributed by atoms with Crippen molar-refractivity contribution in [3.8, 4) is 17.0 Å². The number of benzene rings is 2. The Morgan fingerprint density at radius 3 is 2.64 bits per heavy atom. The number of aromatic amines is 1. The van der Waals surface area contributed by atoms with Gasteiger partial charge in [-0.25, -0.2) is 14.4 Å². The van der Waals surface area contributed by atoms with Crippen LogP contribution in [0.4, 0.5) is 10.1 Å². The minimum Gasteiger partial charge on any atom is -0.482 e. The number of rotatable bonds is 3. The van der Waals surface area contributed by atoms with Gasteiger partial charge in [-0.1, -0.05) is 29.6 Å². The lowest BCUT2D eigenvalue weighted by Crippen LogP contribution is -2.50. The monoisotopic (exact) mass is 488 g/mol. The summed E-state index contributed by atoms with van der Waals surface area (Å²) in [6, 6.07) is 9.40. The number of hydrogen-bond donors (Lipinski definition) is 1. The number of carbonyl (C=O) groups is 1. The summed E-state index contributed by atoms with van der Waals surface area (Å²) < 4.78 is 19.9. The number of nitrogens with zero attached hydrogens (tertiary/aromatic N) is 3. The number of amides is 1. The average molecular weight is 489 g/mol. The van der Waals surface area contributed by atoms with Gasteiger partial charge in [0.15, 0.2) is 0 Å². The Labute approximate surface area is 201 Å². The first-order valence-electron chi connectivity index (χ1n) is 10.9. The van der Waals surface area contributed by atoms with E-state index in [2.05, 4.69) is 10.2 Å². The molecule has 0 saturated carbocycles. The Bertz CT molecular complexity index is 1240. The fraction of sp³-hybridized carbons (Fsp3) is 0.333. The Morgan fingerprint density at radius 1 is 1.15 bits per heavy atom. The first kappa shape index (κ1) is 22.2. The molecule has 0 atom stereocenters. The molecule has 1 saturated heterocycles. The van der Waals surface area contributed by atoms with Crippen LogP contribution >= 0.6 is 23.2 Å². The van der Waals surface area contributed by atoms with Gasteiger partial charge >= 0.3 is 0 Å². The van der Waals surface area contributed by atoms with E-state index in [-0.39, 0.29) is 5.91 Å². The zero-order valence-corrected chi connectivity index (χ0v) is 19.8. The van der Waals surface area contributed by atoms with Gasteiger partial charge in [-0.05, 0) is 57.0 Å². The lowest BCUT2D eigenvalue weighted by Gasteiger charge is -2.38. The normalized spacial score (nSPS) is 17.1. The minimum atomic E-state index is -0.911. The van der Waals surface area contributed by atoms with Gasteiger partial charge in [0.2, 0.25) is 0 Å². The third-order valence-corrected chi connectivity index (χ3v) is 6.63. The number of halogens is 3. The maximum absolute atomic E-state index is 14.1. The van der Waals surface area contributed by atoms with E-state index in [1.54, 1.807) is 29.3 Å². The molecule has 3 aromatic rings. The number of hydrogen-bond acceptors (Lipinski definition) is 4. The van der Waals surface area contributed by atoms with Crippen LogP contribution in [0.15, 0.2) is 36.4 Å². The number of anilines is 1. The van der Waals surface area contributed by atoms with Crippen LogP contribution in [-0.4, -0.2) is 34.2 Å². The molecule has 1 amide bonds.